The Hall–Kier alpha value is -1.43. The first-order valence-electron chi connectivity index (χ1n) is 6.86. The Morgan fingerprint density at radius 2 is 2.42 bits per heavy atom. The third-order valence-electron chi connectivity index (χ3n) is 4.03. The molecule has 0 saturated carbocycles. The summed E-state index contributed by atoms with van der Waals surface area (Å²) < 4.78 is 1.56. The number of hydrogen-bond acceptors (Lipinski definition) is 4. The summed E-state index contributed by atoms with van der Waals surface area (Å²) >= 11 is 0. The van der Waals surface area contributed by atoms with Crippen LogP contribution < -0.4 is 10.6 Å². The van der Waals surface area contributed by atoms with Gasteiger partial charge in [0.25, 0.3) is 0 Å². The Morgan fingerprint density at radius 3 is 3.05 bits per heavy atom. The number of amides is 1. The molecule has 0 spiro atoms. The van der Waals surface area contributed by atoms with Gasteiger partial charge in [-0.2, -0.15) is 5.10 Å². The Bertz CT molecular complexity index is 415. The van der Waals surface area contributed by atoms with E-state index in [4.69, 9.17) is 0 Å². The van der Waals surface area contributed by atoms with Crippen LogP contribution in [0.3, 0.4) is 0 Å². The molecule has 0 radical (unpaired) electrons. The van der Waals surface area contributed by atoms with Gasteiger partial charge in [0.15, 0.2) is 0 Å². The molecular formula is C13H23N5O. The summed E-state index contributed by atoms with van der Waals surface area (Å²) in [5, 5.41) is 10.5. The number of rotatable bonds is 4. The van der Waals surface area contributed by atoms with Gasteiger partial charge in [0.05, 0.1) is 0 Å². The van der Waals surface area contributed by atoms with Crippen molar-refractivity contribution in [3.8, 4) is 0 Å². The molecule has 6 heteroatoms. The zero-order valence-electron chi connectivity index (χ0n) is 11.9. The van der Waals surface area contributed by atoms with E-state index in [0.29, 0.717) is 12.6 Å². The van der Waals surface area contributed by atoms with E-state index in [1.165, 1.54) is 19.2 Å². The molecule has 1 aliphatic heterocycles. The van der Waals surface area contributed by atoms with E-state index in [1.807, 2.05) is 6.92 Å². The average Bonchev–Trinajstić information content (AvgIpc) is 2.89. The summed E-state index contributed by atoms with van der Waals surface area (Å²) in [6.07, 6.45) is 5.40. The highest BCUT2D eigenvalue weighted by molar-refractivity contribution is 5.79. The molecule has 0 bridgehead atoms. The summed E-state index contributed by atoms with van der Waals surface area (Å²) in [6.45, 7) is 8.00. The average molecular weight is 265 g/mol. The lowest BCUT2D eigenvalue weighted by Gasteiger charge is -2.39. The first kappa shape index (κ1) is 14.0. The molecule has 19 heavy (non-hydrogen) atoms. The highest BCUT2D eigenvalue weighted by Gasteiger charge is 2.32. The van der Waals surface area contributed by atoms with Crippen molar-refractivity contribution < 1.29 is 4.79 Å². The molecule has 2 rings (SSSR count). The molecule has 0 aromatic carbocycles. The predicted molar refractivity (Wildman–Crippen MR) is 72.5 cm³/mol. The van der Waals surface area contributed by atoms with Crippen LogP contribution in [-0.4, -0.2) is 39.8 Å². The highest BCUT2D eigenvalue weighted by atomic mass is 16.2. The van der Waals surface area contributed by atoms with Gasteiger partial charge in [-0.3, -0.25) is 4.79 Å². The first-order chi connectivity index (χ1) is 9.00. The van der Waals surface area contributed by atoms with Crippen molar-refractivity contribution in [1.82, 2.24) is 25.4 Å². The fourth-order valence-corrected chi connectivity index (χ4v) is 2.51. The van der Waals surface area contributed by atoms with E-state index >= 15 is 0 Å². The van der Waals surface area contributed by atoms with Crippen LogP contribution in [0, 0.1) is 5.41 Å². The molecule has 106 valence electrons. The van der Waals surface area contributed by atoms with Crippen molar-refractivity contribution >= 4 is 5.91 Å². The van der Waals surface area contributed by atoms with E-state index in [1.54, 1.807) is 11.0 Å². The van der Waals surface area contributed by atoms with Crippen molar-refractivity contribution in [1.29, 1.82) is 0 Å². The largest absolute Gasteiger partial charge is 0.353 e. The fourth-order valence-electron chi connectivity index (χ4n) is 2.51. The SMILES string of the molecule is CC(C(=O)NCC1NCCCC1(C)C)n1cncn1. The van der Waals surface area contributed by atoms with E-state index in [9.17, 15) is 4.79 Å². The molecule has 1 aromatic heterocycles. The zero-order chi connectivity index (χ0) is 13.9. The lowest BCUT2D eigenvalue weighted by Crippen LogP contribution is -2.53. The van der Waals surface area contributed by atoms with Crippen LogP contribution in [-0.2, 0) is 4.79 Å². The van der Waals surface area contributed by atoms with Crippen molar-refractivity contribution in [3.63, 3.8) is 0 Å². The molecule has 1 aliphatic rings. The molecule has 1 amide bonds. The smallest absolute Gasteiger partial charge is 0.244 e. The van der Waals surface area contributed by atoms with Gasteiger partial charge >= 0.3 is 0 Å². The van der Waals surface area contributed by atoms with E-state index < -0.39 is 0 Å². The standard InChI is InChI=1S/C13H23N5O/c1-10(18-9-14-8-17-18)12(19)16-7-11-13(2,3)5-4-6-15-11/h8-11,15H,4-7H2,1-3H3,(H,16,19). The first-order valence-corrected chi connectivity index (χ1v) is 6.86. The topological polar surface area (TPSA) is 71.8 Å². The number of nitrogens with zero attached hydrogens (tertiary/aromatic N) is 3. The van der Waals surface area contributed by atoms with Crippen molar-refractivity contribution in [2.24, 2.45) is 5.41 Å². The third-order valence-corrected chi connectivity index (χ3v) is 4.03. The molecule has 6 nitrogen and oxygen atoms in total. The molecule has 0 aliphatic carbocycles. The number of aromatic nitrogens is 3. The minimum atomic E-state index is -0.325. The molecule has 2 unspecified atom stereocenters. The van der Waals surface area contributed by atoms with Gasteiger partial charge in [0, 0.05) is 12.6 Å². The van der Waals surface area contributed by atoms with Gasteiger partial charge in [-0.15, -0.1) is 0 Å². The van der Waals surface area contributed by atoms with Crippen molar-refractivity contribution in [2.45, 2.75) is 45.7 Å². The predicted octanol–water partition coefficient (Wildman–Crippen LogP) is 0.733. The zero-order valence-corrected chi connectivity index (χ0v) is 11.9. The van der Waals surface area contributed by atoms with Crippen LogP contribution in [0.2, 0.25) is 0 Å². The minimum Gasteiger partial charge on any atom is -0.353 e. The molecular weight excluding hydrogens is 242 g/mol. The lowest BCUT2D eigenvalue weighted by molar-refractivity contribution is -0.124. The molecule has 1 saturated heterocycles. The molecule has 2 atom stereocenters. The normalized spacial score (nSPS) is 23.8. The van der Waals surface area contributed by atoms with Crippen LogP contribution >= 0.6 is 0 Å². The summed E-state index contributed by atoms with van der Waals surface area (Å²) in [4.78, 5) is 15.9. The van der Waals surface area contributed by atoms with Gasteiger partial charge < -0.3 is 10.6 Å². The van der Waals surface area contributed by atoms with Crippen molar-refractivity contribution in [2.75, 3.05) is 13.1 Å². The summed E-state index contributed by atoms with van der Waals surface area (Å²) in [5.41, 5.74) is 0.224. The van der Waals surface area contributed by atoms with E-state index in [-0.39, 0.29) is 17.4 Å². The maximum Gasteiger partial charge on any atom is 0.244 e. The van der Waals surface area contributed by atoms with Crippen LogP contribution in [0.25, 0.3) is 0 Å². The monoisotopic (exact) mass is 265 g/mol. The maximum atomic E-state index is 12.1. The second-order valence-corrected chi connectivity index (χ2v) is 5.90. The van der Waals surface area contributed by atoms with Crippen LogP contribution in [0.5, 0.6) is 0 Å². The summed E-state index contributed by atoms with van der Waals surface area (Å²) in [7, 11) is 0. The van der Waals surface area contributed by atoms with Crippen LogP contribution in [0.4, 0.5) is 0 Å². The van der Waals surface area contributed by atoms with Gasteiger partial charge in [-0.1, -0.05) is 13.8 Å². The number of piperidine rings is 1. The summed E-state index contributed by atoms with van der Waals surface area (Å²) in [6, 6.07) is 0.00218. The lowest BCUT2D eigenvalue weighted by atomic mass is 9.77. The molecule has 2 heterocycles. The highest BCUT2D eigenvalue weighted by Crippen LogP contribution is 2.29. The second kappa shape index (κ2) is 5.69. The van der Waals surface area contributed by atoms with Crippen LogP contribution in [0.1, 0.15) is 39.7 Å². The van der Waals surface area contributed by atoms with Crippen molar-refractivity contribution in [3.05, 3.63) is 12.7 Å². The van der Waals surface area contributed by atoms with Gasteiger partial charge in [-0.05, 0) is 31.7 Å². The molecule has 2 N–H and O–H groups in total. The number of nitrogens with one attached hydrogen (secondary N) is 2. The van der Waals surface area contributed by atoms with Gasteiger partial charge in [0.2, 0.25) is 5.91 Å². The van der Waals surface area contributed by atoms with Crippen LogP contribution in [0.15, 0.2) is 12.7 Å². The third kappa shape index (κ3) is 3.32. The number of hydrogen-bond donors (Lipinski definition) is 2. The van der Waals surface area contributed by atoms with E-state index in [0.717, 1.165) is 6.54 Å². The van der Waals surface area contributed by atoms with E-state index in [2.05, 4.69) is 34.6 Å². The molecule has 1 aromatic rings. The second-order valence-electron chi connectivity index (χ2n) is 5.90. The maximum absolute atomic E-state index is 12.1. The molecule has 1 fully saturated rings. The number of carbonyl (C=O) groups excluding carboxylic acids is 1. The Balaban J connectivity index is 1.86. The minimum absolute atomic E-state index is 0.0197. The summed E-state index contributed by atoms with van der Waals surface area (Å²) in [5.74, 6) is -0.0197. The van der Waals surface area contributed by atoms with Gasteiger partial charge in [0.1, 0.15) is 18.7 Å². The number of carbonyl (C=O) groups is 1. The Kier molecular flexibility index (Phi) is 4.19. The van der Waals surface area contributed by atoms with Gasteiger partial charge in [-0.25, -0.2) is 9.67 Å². The quantitative estimate of drug-likeness (QED) is 0.842. The Labute approximate surface area is 114 Å². The Morgan fingerprint density at radius 1 is 1.63 bits per heavy atom. The fraction of sp³-hybridized carbons (Fsp3) is 0.769.